The second-order valence-corrected chi connectivity index (χ2v) is 5.24. The Morgan fingerprint density at radius 3 is 2.58 bits per heavy atom. The highest BCUT2D eigenvalue weighted by molar-refractivity contribution is 5.48. The molecule has 8 heteroatoms. The van der Waals surface area contributed by atoms with Gasteiger partial charge in [0.15, 0.2) is 5.82 Å². The first kappa shape index (κ1) is 16.0. The van der Waals surface area contributed by atoms with E-state index in [9.17, 15) is 18.0 Å². The van der Waals surface area contributed by atoms with Crippen molar-refractivity contribution < 1.29 is 13.2 Å². The van der Waals surface area contributed by atoms with Crippen LogP contribution >= 0.6 is 0 Å². The molecule has 0 N–H and O–H groups in total. The van der Waals surface area contributed by atoms with Gasteiger partial charge in [-0.15, -0.1) is 5.10 Å². The molecule has 0 bridgehead atoms. The van der Waals surface area contributed by atoms with Crippen LogP contribution in [0.1, 0.15) is 11.1 Å². The molecule has 0 saturated heterocycles. The van der Waals surface area contributed by atoms with Crippen LogP contribution < -0.4 is 5.69 Å². The van der Waals surface area contributed by atoms with Gasteiger partial charge in [-0.3, -0.25) is 9.55 Å². The van der Waals surface area contributed by atoms with Gasteiger partial charge in [-0.1, -0.05) is 18.2 Å². The SMILES string of the molecule is Cn1c(-c2ccccn2)nn(Cc2cccc(C(F)(F)F)c2)c1=O. The van der Waals surface area contributed by atoms with Gasteiger partial charge in [0.25, 0.3) is 0 Å². The second-order valence-electron chi connectivity index (χ2n) is 5.24. The smallest absolute Gasteiger partial charge is 0.277 e. The first-order chi connectivity index (χ1) is 11.4. The molecule has 3 aromatic rings. The summed E-state index contributed by atoms with van der Waals surface area (Å²) in [6.45, 7) is -0.0522. The summed E-state index contributed by atoms with van der Waals surface area (Å²) in [5.41, 5.74) is -0.320. The number of hydrogen-bond donors (Lipinski definition) is 0. The molecular weight excluding hydrogens is 321 g/mol. The molecule has 0 spiro atoms. The van der Waals surface area contributed by atoms with E-state index < -0.39 is 17.4 Å². The van der Waals surface area contributed by atoms with Crippen molar-refractivity contribution in [2.45, 2.75) is 12.7 Å². The van der Waals surface area contributed by atoms with Gasteiger partial charge < -0.3 is 0 Å². The minimum atomic E-state index is -4.43. The predicted octanol–water partition coefficient (Wildman–Crippen LogP) is 2.71. The summed E-state index contributed by atoms with van der Waals surface area (Å²) in [5.74, 6) is 0.354. The maximum Gasteiger partial charge on any atom is 0.416 e. The third kappa shape index (κ3) is 3.08. The molecule has 0 amide bonds. The molecule has 0 saturated carbocycles. The number of nitrogens with zero attached hydrogens (tertiary/aromatic N) is 4. The van der Waals surface area contributed by atoms with E-state index in [1.165, 1.54) is 16.7 Å². The molecular formula is C16H13F3N4O. The third-order valence-corrected chi connectivity index (χ3v) is 3.52. The zero-order valence-electron chi connectivity index (χ0n) is 12.7. The Labute approximate surface area is 135 Å². The van der Waals surface area contributed by atoms with E-state index in [-0.39, 0.29) is 6.54 Å². The molecule has 0 fully saturated rings. The topological polar surface area (TPSA) is 52.7 Å². The Morgan fingerprint density at radius 2 is 1.92 bits per heavy atom. The second kappa shape index (κ2) is 5.95. The zero-order valence-corrected chi connectivity index (χ0v) is 12.7. The first-order valence-electron chi connectivity index (χ1n) is 7.07. The van der Waals surface area contributed by atoms with E-state index >= 15 is 0 Å². The molecule has 24 heavy (non-hydrogen) atoms. The minimum absolute atomic E-state index is 0.0522. The lowest BCUT2D eigenvalue weighted by atomic mass is 10.1. The van der Waals surface area contributed by atoms with Gasteiger partial charge in [0.05, 0.1) is 12.1 Å². The molecule has 0 aliphatic carbocycles. The highest BCUT2D eigenvalue weighted by Gasteiger charge is 2.30. The van der Waals surface area contributed by atoms with Crippen LogP contribution in [0.25, 0.3) is 11.5 Å². The van der Waals surface area contributed by atoms with Gasteiger partial charge in [-0.25, -0.2) is 9.48 Å². The summed E-state index contributed by atoms with van der Waals surface area (Å²) >= 11 is 0. The van der Waals surface area contributed by atoms with E-state index in [1.54, 1.807) is 31.4 Å². The lowest BCUT2D eigenvalue weighted by molar-refractivity contribution is -0.137. The fraction of sp³-hybridized carbons (Fsp3) is 0.188. The van der Waals surface area contributed by atoms with Crippen LogP contribution in [0.4, 0.5) is 13.2 Å². The fourth-order valence-corrected chi connectivity index (χ4v) is 2.33. The molecule has 5 nitrogen and oxygen atoms in total. The summed E-state index contributed by atoms with van der Waals surface area (Å²) < 4.78 is 40.8. The molecule has 0 atom stereocenters. The molecule has 2 aromatic heterocycles. The van der Waals surface area contributed by atoms with E-state index in [4.69, 9.17) is 0 Å². The highest BCUT2D eigenvalue weighted by atomic mass is 19.4. The summed E-state index contributed by atoms with van der Waals surface area (Å²) in [6, 6.07) is 10.0. The average Bonchev–Trinajstić information content (AvgIpc) is 2.84. The van der Waals surface area contributed by atoms with Crippen LogP contribution in [0.15, 0.2) is 53.5 Å². The van der Waals surface area contributed by atoms with Gasteiger partial charge in [0, 0.05) is 13.2 Å². The number of pyridine rings is 1. The molecule has 3 rings (SSSR count). The van der Waals surface area contributed by atoms with Gasteiger partial charge in [0.1, 0.15) is 5.69 Å². The molecule has 2 heterocycles. The largest absolute Gasteiger partial charge is 0.416 e. The quantitative estimate of drug-likeness (QED) is 0.740. The van der Waals surface area contributed by atoms with Crippen molar-refractivity contribution in [2.24, 2.45) is 7.05 Å². The fourth-order valence-electron chi connectivity index (χ4n) is 2.33. The maximum atomic E-state index is 12.8. The Balaban J connectivity index is 1.96. The lowest BCUT2D eigenvalue weighted by Crippen LogP contribution is -2.23. The molecule has 0 aliphatic heterocycles. The van der Waals surface area contributed by atoms with Crippen LogP contribution in [0.2, 0.25) is 0 Å². The normalized spacial score (nSPS) is 11.7. The third-order valence-electron chi connectivity index (χ3n) is 3.52. The Bertz CT molecular complexity index is 913. The van der Waals surface area contributed by atoms with Crippen LogP contribution in [-0.2, 0) is 19.8 Å². The van der Waals surface area contributed by atoms with Gasteiger partial charge >= 0.3 is 11.9 Å². The molecule has 1 aromatic carbocycles. The van der Waals surface area contributed by atoms with Crippen LogP contribution in [0.3, 0.4) is 0 Å². The Hall–Kier alpha value is -2.90. The minimum Gasteiger partial charge on any atom is -0.277 e. The molecule has 124 valence electrons. The number of alkyl halides is 3. The lowest BCUT2D eigenvalue weighted by Gasteiger charge is -2.08. The van der Waals surface area contributed by atoms with Crippen molar-refractivity contribution in [3.8, 4) is 11.5 Å². The van der Waals surface area contributed by atoms with Crippen molar-refractivity contribution in [3.05, 3.63) is 70.3 Å². The number of aromatic nitrogens is 4. The van der Waals surface area contributed by atoms with Gasteiger partial charge in [0.2, 0.25) is 0 Å². The van der Waals surface area contributed by atoms with E-state index in [2.05, 4.69) is 10.1 Å². The van der Waals surface area contributed by atoms with Gasteiger partial charge in [-0.05, 0) is 29.8 Å². The van der Waals surface area contributed by atoms with Crippen molar-refractivity contribution in [1.29, 1.82) is 0 Å². The van der Waals surface area contributed by atoms with Crippen molar-refractivity contribution >= 4 is 0 Å². The Kier molecular flexibility index (Phi) is 3.96. The van der Waals surface area contributed by atoms with E-state index in [0.717, 1.165) is 16.8 Å². The molecule has 0 aliphatic rings. The summed E-state index contributed by atoms with van der Waals surface area (Å²) in [6.07, 6.45) is -2.85. The zero-order chi connectivity index (χ0) is 17.3. The number of hydrogen-bond acceptors (Lipinski definition) is 3. The summed E-state index contributed by atoms with van der Waals surface area (Å²) in [5, 5.41) is 4.19. The number of halogens is 3. The summed E-state index contributed by atoms with van der Waals surface area (Å²) in [7, 11) is 1.54. The van der Waals surface area contributed by atoms with E-state index in [0.29, 0.717) is 17.1 Å². The molecule has 0 unspecified atom stereocenters. The van der Waals surface area contributed by atoms with Crippen LogP contribution in [-0.4, -0.2) is 19.3 Å². The van der Waals surface area contributed by atoms with Crippen LogP contribution in [0.5, 0.6) is 0 Å². The predicted molar refractivity (Wildman–Crippen MR) is 81.2 cm³/mol. The van der Waals surface area contributed by atoms with E-state index in [1.807, 2.05) is 0 Å². The van der Waals surface area contributed by atoms with Crippen molar-refractivity contribution in [1.82, 2.24) is 19.3 Å². The monoisotopic (exact) mass is 334 g/mol. The highest BCUT2D eigenvalue weighted by Crippen LogP contribution is 2.29. The standard InChI is InChI=1S/C16H13F3N4O/c1-22-14(13-7-2-3-8-20-13)21-23(15(22)24)10-11-5-4-6-12(9-11)16(17,18)19/h2-9H,10H2,1H3. The number of rotatable bonds is 3. The van der Waals surface area contributed by atoms with Gasteiger partial charge in [-0.2, -0.15) is 13.2 Å². The van der Waals surface area contributed by atoms with Crippen molar-refractivity contribution in [3.63, 3.8) is 0 Å². The molecule has 0 radical (unpaired) electrons. The number of benzene rings is 1. The maximum absolute atomic E-state index is 12.8. The summed E-state index contributed by atoms with van der Waals surface area (Å²) in [4.78, 5) is 16.4. The first-order valence-corrected chi connectivity index (χ1v) is 7.07. The Morgan fingerprint density at radius 1 is 1.12 bits per heavy atom. The average molecular weight is 334 g/mol. The van der Waals surface area contributed by atoms with Crippen LogP contribution in [0, 0.1) is 0 Å². The van der Waals surface area contributed by atoms with Crippen molar-refractivity contribution in [2.75, 3.05) is 0 Å².